The minimum atomic E-state index is -0.970. The fraction of sp³-hybridized carbons (Fsp3) is 0.200. The Kier molecular flexibility index (Phi) is 5.31. The molecule has 0 atom stereocenters. The average Bonchev–Trinajstić information content (AvgIpc) is 2.97. The van der Waals surface area contributed by atoms with E-state index in [1.807, 2.05) is 0 Å². The lowest BCUT2D eigenvalue weighted by atomic mass is 10.1. The van der Waals surface area contributed by atoms with Gasteiger partial charge >= 0.3 is 5.97 Å². The van der Waals surface area contributed by atoms with E-state index in [1.165, 1.54) is 31.2 Å². The van der Waals surface area contributed by atoms with E-state index in [0.717, 1.165) is 0 Å². The van der Waals surface area contributed by atoms with Crippen LogP contribution in [0.1, 0.15) is 49.5 Å². The van der Waals surface area contributed by atoms with Crippen molar-refractivity contribution in [3.8, 4) is 0 Å². The SMILES string of the molecule is CCOC(=O)c1c(C)oc(NC(=O)c2cc(C)nc3ccc(F)cc23)c1C(N)=O. The van der Waals surface area contributed by atoms with E-state index < -0.39 is 23.6 Å². The van der Waals surface area contributed by atoms with Crippen LogP contribution in [0, 0.1) is 19.7 Å². The zero-order valence-electron chi connectivity index (χ0n) is 16.0. The molecule has 0 spiro atoms. The van der Waals surface area contributed by atoms with E-state index in [2.05, 4.69) is 10.3 Å². The van der Waals surface area contributed by atoms with E-state index in [9.17, 15) is 18.8 Å². The quantitative estimate of drug-likeness (QED) is 0.635. The lowest BCUT2D eigenvalue weighted by Gasteiger charge is -2.09. The molecule has 2 amide bonds. The van der Waals surface area contributed by atoms with Gasteiger partial charge in [-0.3, -0.25) is 19.9 Å². The molecule has 3 rings (SSSR count). The van der Waals surface area contributed by atoms with Crippen LogP contribution in [-0.4, -0.2) is 29.4 Å². The van der Waals surface area contributed by atoms with E-state index >= 15 is 0 Å². The molecule has 8 nitrogen and oxygen atoms in total. The summed E-state index contributed by atoms with van der Waals surface area (Å²) >= 11 is 0. The number of benzene rings is 1. The molecule has 2 heterocycles. The van der Waals surface area contributed by atoms with Crippen LogP contribution in [0.5, 0.6) is 0 Å². The second-order valence-corrected chi connectivity index (χ2v) is 6.25. The van der Waals surface area contributed by atoms with Crippen LogP contribution < -0.4 is 11.1 Å². The molecular formula is C20H18FN3O5. The van der Waals surface area contributed by atoms with Crippen molar-refractivity contribution >= 4 is 34.6 Å². The molecule has 150 valence electrons. The van der Waals surface area contributed by atoms with E-state index in [-0.39, 0.29) is 40.3 Å². The van der Waals surface area contributed by atoms with Gasteiger partial charge in [-0.2, -0.15) is 0 Å². The predicted octanol–water partition coefficient (Wildman–Crippen LogP) is 3.11. The number of furan rings is 1. The first-order chi connectivity index (χ1) is 13.7. The summed E-state index contributed by atoms with van der Waals surface area (Å²) in [6, 6.07) is 5.36. The summed E-state index contributed by atoms with van der Waals surface area (Å²) in [5.41, 5.74) is 6.02. The topological polar surface area (TPSA) is 125 Å². The Morgan fingerprint density at radius 1 is 1.21 bits per heavy atom. The number of fused-ring (bicyclic) bond motifs is 1. The number of nitrogens with zero attached hydrogens (tertiary/aromatic N) is 1. The van der Waals surface area contributed by atoms with Gasteiger partial charge in [0, 0.05) is 11.1 Å². The van der Waals surface area contributed by atoms with Gasteiger partial charge in [0.2, 0.25) is 5.88 Å². The molecule has 9 heteroatoms. The van der Waals surface area contributed by atoms with Gasteiger partial charge in [-0.1, -0.05) is 0 Å². The minimum absolute atomic E-state index is 0.0642. The summed E-state index contributed by atoms with van der Waals surface area (Å²) in [6.07, 6.45) is 0. The third kappa shape index (κ3) is 3.79. The number of nitrogens with two attached hydrogens (primary N) is 1. The van der Waals surface area contributed by atoms with Crippen LogP contribution in [-0.2, 0) is 4.74 Å². The predicted molar refractivity (Wildman–Crippen MR) is 102 cm³/mol. The monoisotopic (exact) mass is 399 g/mol. The van der Waals surface area contributed by atoms with E-state index in [1.54, 1.807) is 13.8 Å². The summed E-state index contributed by atoms with van der Waals surface area (Å²) in [5.74, 6) is -3.21. The molecule has 1 aromatic carbocycles. The first-order valence-corrected chi connectivity index (χ1v) is 8.71. The number of esters is 1. The lowest BCUT2D eigenvalue weighted by molar-refractivity contribution is 0.0521. The molecule has 3 aromatic rings. The number of rotatable bonds is 5. The van der Waals surface area contributed by atoms with Crippen molar-refractivity contribution in [2.75, 3.05) is 11.9 Å². The second-order valence-electron chi connectivity index (χ2n) is 6.25. The fourth-order valence-electron chi connectivity index (χ4n) is 3.01. The summed E-state index contributed by atoms with van der Waals surface area (Å²) in [7, 11) is 0. The highest BCUT2D eigenvalue weighted by atomic mass is 19.1. The molecule has 0 aliphatic carbocycles. The maximum atomic E-state index is 13.7. The molecule has 0 aliphatic rings. The number of hydrogen-bond acceptors (Lipinski definition) is 6. The van der Waals surface area contributed by atoms with E-state index in [4.69, 9.17) is 14.9 Å². The molecule has 0 saturated heterocycles. The number of aryl methyl sites for hydroxylation is 2. The van der Waals surface area contributed by atoms with Crippen molar-refractivity contribution in [2.24, 2.45) is 5.73 Å². The van der Waals surface area contributed by atoms with Gasteiger partial charge < -0.3 is 14.9 Å². The first-order valence-electron chi connectivity index (χ1n) is 8.71. The van der Waals surface area contributed by atoms with Crippen molar-refractivity contribution in [1.29, 1.82) is 0 Å². The second kappa shape index (κ2) is 7.70. The normalized spacial score (nSPS) is 10.8. The standard InChI is InChI=1S/C20H18FN3O5/c1-4-28-20(27)15-10(3)29-19(16(15)17(22)25)24-18(26)13-7-9(2)23-14-6-5-11(21)8-12(13)14/h5-8H,4H2,1-3H3,(H2,22,25)(H,24,26). The number of carbonyl (C=O) groups excluding carboxylic acids is 3. The van der Waals surface area contributed by atoms with Gasteiger partial charge in [0.25, 0.3) is 11.8 Å². The zero-order valence-corrected chi connectivity index (χ0v) is 16.0. The number of anilines is 1. The van der Waals surface area contributed by atoms with Gasteiger partial charge in [-0.05, 0) is 45.0 Å². The van der Waals surface area contributed by atoms with Gasteiger partial charge in [-0.25, -0.2) is 9.18 Å². The molecule has 29 heavy (non-hydrogen) atoms. The van der Waals surface area contributed by atoms with Crippen molar-refractivity contribution in [1.82, 2.24) is 4.98 Å². The largest absolute Gasteiger partial charge is 0.462 e. The molecule has 0 aliphatic heterocycles. The Bertz CT molecular complexity index is 1150. The highest BCUT2D eigenvalue weighted by Gasteiger charge is 2.29. The van der Waals surface area contributed by atoms with Crippen LogP contribution >= 0.6 is 0 Å². The van der Waals surface area contributed by atoms with Crippen LogP contribution in [0.2, 0.25) is 0 Å². The number of nitrogens with one attached hydrogen (secondary N) is 1. The Morgan fingerprint density at radius 2 is 1.93 bits per heavy atom. The number of aromatic nitrogens is 1. The molecular weight excluding hydrogens is 381 g/mol. The lowest BCUT2D eigenvalue weighted by Crippen LogP contribution is -2.20. The third-order valence-corrected chi connectivity index (χ3v) is 4.18. The maximum absolute atomic E-state index is 13.7. The Morgan fingerprint density at radius 3 is 2.59 bits per heavy atom. The number of halogens is 1. The first kappa shape index (κ1) is 20.0. The number of primary amides is 1. The molecule has 0 bridgehead atoms. The van der Waals surface area contributed by atoms with Gasteiger partial charge in [0.1, 0.15) is 22.7 Å². The molecule has 0 saturated carbocycles. The highest BCUT2D eigenvalue weighted by molar-refractivity contribution is 6.15. The number of ether oxygens (including phenoxy) is 1. The number of hydrogen-bond donors (Lipinski definition) is 2. The van der Waals surface area contributed by atoms with Crippen molar-refractivity contribution in [2.45, 2.75) is 20.8 Å². The highest BCUT2D eigenvalue weighted by Crippen LogP contribution is 2.29. The van der Waals surface area contributed by atoms with Gasteiger partial charge in [-0.15, -0.1) is 0 Å². The molecule has 0 fully saturated rings. The summed E-state index contributed by atoms with van der Waals surface area (Å²) < 4.78 is 24.0. The van der Waals surface area contributed by atoms with E-state index in [0.29, 0.717) is 11.2 Å². The minimum Gasteiger partial charge on any atom is -0.462 e. The Hall–Kier alpha value is -3.75. The van der Waals surface area contributed by atoms with Crippen LogP contribution in [0.4, 0.5) is 10.3 Å². The van der Waals surface area contributed by atoms with Crippen molar-refractivity contribution in [3.05, 3.63) is 58.2 Å². The maximum Gasteiger partial charge on any atom is 0.342 e. The number of pyridine rings is 1. The fourth-order valence-corrected chi connectivity index (χ4v) is 3.01. The number of carbonyl (C=O) groups is 3. The van der Waals surface area contributed by atoms with Crippen LogP contribution in [0.3, 0.4) is 0 Å². The summed E-state index contributed by atoms with van der Waals surface area (Å²) in [5, 5.41) is 2.72. The molecule has 0 unspecified atom stereocenters. The Labute approximate surface area is 164 Å². The van der Waals surface area contributed by atoms with Crippen LogP contribution in [0.15, 0.2) is 28.7 Å². The van der Waals surface area contributed by atoms with Gasteiger partial charge in [0.05, 0.1) is 17.7 Å². The smallest absolute Gasteiger partial charge is 0.342 e. The Balaban J connectivity index is 2.07. The molecule has 0 radical (unpaired) electrons. The third-order valence-electron chi connectivity index (χ3n) is 4.18. The summed E-state index contributed by atoms with van der Waals surface area (Å²) in [4.78, 5) is 41.3. The average molecular weight is 399 g/mol. The van der Waals surface area contributed by atoms with Crippen LogP contribution in [0.25, 0.3) is 10.9 Å². The molecule has 2 aromatic heterocycles. The van der Waals surface area contributed by atoms with Crippen molar-refractivity contribution < 1.29 is 27.9 Å². The summed E-state index contributed by atoms with van der Waals surface area (Å²) in [6.45, 7) is 4.81. The van der Waals surface area contributed by atoms with Gasteiger partial charge in [0.15, 0.2) is 0 Å². The molecule has 3 N–H and O–H groups in total. The zero-order chi connectivity index (χ0) is 21.3. The number of amides is 2. The van der Waals surface area contributed by atoms with Crippen molar-refractivity contribution in [3.63, 3.8) is 0 Å².